The molecule has 1 nitrogen and oxygen atoms in total. The van der Waals surface area contributed by atoms with Crippen LogP contribution in [0.15, 0.2) is 23.8 Å². The smallest absolute Gasteiger partial charge is 0.155 e. The van der Waals surface area contributed by atoms with E-state index in [0.29, 0.717) is 17.6 Å². The zero-order chi connectivity index (χ0) is 11.1. The van der Waals surface area contributed by atoms with Crippen molar-refractivity contribution in [2.45, 2.75) is 39.0 Å². The maximum atomic E-state index is 11.6. The van der Waals surface area contributed by atoms with Crippen molar-refractivity contribution in [3.05, 3.63) is 23.8 Å². The second-order valence-corrected chi connectivity index (χ2v) is 5.73. The van der Waals surface area contributed by atoms with E-state index in [4.69, 9.17) is 0 Å². The largest absolute Gasteiger partial charge is 0.295 e. The molecule has 0 amide bonds. The lowest BCUT2D eigenvalue weighted by Crippen LogP contribution is -2.35. The topological polar surface area (TPSA) is 17.1 Å². The van der Waals surface area contributed by atoms with Gasteiger partial charge in [0.05, 0.1) is 0 Å². The monoisotopic (exact) mass is 216 g/mol. The van der Waals surface area contributed by atoms with Gasteiger partial charge in [-0.05, 0) is 55.4 Å². The first-order chi connectivity index (χ1) is 7.75. The lowest BCUT2D eigenvalue weighted by Gasteiger charge is -2.44. The molecule has 1 heteroatoms. The highest BCUT2D eigenvalue weighted by Gasteiger charge is 2.39. The van der Waals surface area contributed by atoms with Crippen molar-refractivity contribution in [2.24, 2.45) is 23.7 Å². The van der Waals surface area contributed by atoms with Gasteiger partial charge in [0.2, 0.25) is 0 Å². The molecule has 3 rings (SSSR count). The molecule has 0 N–H and O–H groups in total. The Labute approximate surface area is 97.6 Å². The normalized spacial score (nSPS) is 42.3. The predicted molar refractivity (Wildman–Crippen MR) is 64.9 cm³/mol. The third-order valence-corrected chi connectivity index (χ3v) is 4.76. The second-order valence-electron chi connectivity index (χ2n) is 5.73. The Bertz CT molecular complexity index is 364. The highest BCUT2D eigenvalue weighted by Crippen LogP contribution is 2.48. The van der Waals surface area contributed by atoms with Gasteiger partial charge in [0.1, 0.15) is 0 Å². The zero-order valence-corrected chi connectivity index (χ0v) is 9.99. The van der Waals surface area contributed by atoms with Gasteiger partial charge in [0, 0.05) is 6.42 Å². The third-order valence-electron chi connectivity index (χ3n) is 4.76. The van der Waals surface area contributed by atoms with E-state index >= 15 is 0 Å². The molecule has 86 valence electrons. The molecule has 0 unspecified atom stereocenters. The Kier molecular flexibility index (Phi) is 2.49. The van der Waals surface area contributed by atoms with Crippen LogP contribution in [0.1, 0.15) is 39.0 Å². The van der Waals surface area contributed by atoms with Crippen molar-refractivity contribution in [1.82, 2.24) is 0 Å². The molecule has 3 aliphatic carbocycles. The highest BCUT2D eigenvalue weighted by molar-refractivity contribution is 5.91. The van der Waals surface area contributed by atoms with E-state index in [9.17, 15) is 4.79 Å². The standard InChI is InChI=1S/C15H20O/c1-10-3-2-4-12-6-5-11-7-8-13(16)9-14(11)15(10)12/h2-3,9-12,15H,4-8H2,1H3/t10-,11-,12-,15-/m0/s1. The number of hydrogen-bond donors (Lipinski definition) is 0. The maximum absolute atomic E-state index is 11.6. The summed E-state index contributed by atoms with van der Waals surface area (Å²) in [4.78, 5) is 11.6. The van der Waals surface area contributed by atoms with E-state index in [1.165, 1.54) is 24.8 Å². The van der Waals surface area contributed by atoms with Crippen LogP contribution in [0.5, 0.6) is 0 Å². The molecule has 4 atom stereocenters. The SMILES string of the molecule is C[C@H]1C=CC[C@H]2CC[C@H]3CCC(=O)C=C3[C@H]21. The van der Waals surface area contributed by atoms with E-state index in [0.717, 1.165) is 24.7 Å². The molecule has 0 heterocycles. The number of rotatable bonds is 0. The van der Waals surface area contributed by atoms with Crippen LogP contribution in [-0.2, 0) is 4.79 Å². The fraction of sp³-hybridized carbons (Fsp3) is 0.667. The van der Waals surface area contributed by atoms with Gasteiger partial charge < -0.3 is 0 Å². The lowest BCUT2D eigenvalue weighted by molar-refractivity contribution is -0.115. The Morgan fingerprint density at radius 1 is 1.25 bits per heavy atom. The van der Waals surface area contributed by atoms with E-state index < -0.39 is 0 Å². The first-order valence-electron chi connectivity index (χ1n) is 6.66. The molecular weight excluding hydrogens is 196 g/mol. The molecule has 0 saturated heterocycles. The predicted octanol–water partition coefficient (Wildman–Crippen LogP) is 3.51. The van der Waals surface area contributed by atoms with Crippen molar-refractivity contribution in [1.29, 1.82) is 0 Å². The molecule has 0 spiro atoms. The summed E-state index contributed by atoms with van der Waals surface area (Å²) < 4.78 is 0. The zero-order valence-electron chi connectivity index (χ0n) is 9.99. The Hall–Kier alpha value is -0.850. The van der Waals surface area contributed by atoms with Crippen LogP contribution >= 0.6 is 0 Å². The fourth-order valence-electron chi connectivity index (χ4n) is 3.99. The summed E-state index contributed by atoms with van der Waals surface area (Å²) in [5.41, 5.74) is 1.50. The minimum atomic E-state index is 0.369. The average molecular weight is 216 g/mol. The van der Waals surface area contributed by atoms with Gasteiger partial charge in [-0.2, -0.15) is 0 Å². The van der Waals surface area contributed by atoms with Crippen LogP contribution in [0.3, 0.4) is 0 Å². The molecule has 3 aliphatic rings. The second kappa shape index (κ2) is 3.87. The van der Waals surface area contributed by atoms with Gasteiger partial charge >= 0.3 is 0 Å². The molecule has 16 heavy (non-hydrogen) atoms. The molecule has 1 saturated carbocycles. The fourth-order valence-corrected chi connectivity index (χ4v) is 3.99. The number of fused-ring (bicyclic) bond motifs is 3. The van der Waals surface area contributed by atoms with Crippen LogP contribution < -0.4 is 0 Å². The van der Waals surface area contributed by atoms with Gasteiger partial charge in [-0.3, -0.25) is 4.79 Å². The number of carbonyl (C=O) groups excluding carboxylic acids is 1. The van der Waals surface area contributed by atoms with Crippen LogP contribution in [0, 0.1) is 23.7 Å². The van der Waals surface area contributed by atoms with Crippen LogP contribution in [0.2, 0.25) is 0 Å². The number of allylic oxidation sites excluding steroid dienone is 4. The van der Waals surface area contributed by atoms with Gasteiger partial charge in [0.25, 0.3) is 0 Å². The first kappa shape index (κ1) is 10.3. The lowest BCUT2D eigenvalue weighted by atomic mass is 9.61. The van der Waals surface area contributed by atoms with E-state index in [-0.39, 0.29) is 0 Å². The van der Waals surface area contributed by atoms with Crippen molar-refractivity contribution in [3.63, 3.8) is 0 Å². The van der Waals surface area contributed by atoms with Gasteiger partial charge in [0.15, 0.2) is 5.78 Å². The van der Waals surface area contributed by atoms with Gasteiger partial charge in [-0.15, -0.1) is 0 Å². The molecule has 0 bridgehead atoms. The Morgan fingerprint density at radius 3 is 3.00 bits per heavy atom. The number of carbonyl (C=O) groups is 1. The Morgan fingerprint density at radius 2 is 2.12 bits per heavy atom. The van der Waals surface area contributed by atoms with Crippen molar-refractivity contribution >= 4 is 5.78 Å². The molecular formula is C15H20O. The highest BCUT2D eigenvalue weighted by atomic mass is 16.1. The third kappa shape index (κ3) is 1.57. The van der Waals surface area contributed by atoms with Crippen LogP contribution in [0.25, 0.3) is 0 Å². The number of ketones is 1. The first-order valence-corrected chi connectivity index (χ1v) is 6.66. The maximum Gasteiger partial charge on any atom is 0.155 e. The van der Waals surface area contributed by atoms with Gasteiger partial charge in [-0.1, -0.05) is 24.6 Å². The van der Waals surface area contributed by atoms with Crippen molar-refractivity contribution in [3.8, 4) is 0 Å². The summed E-state index contributed by atoms with van der Waals surface area (Å²) in [6.45, 7) is 2.32. The molecule has 1 fully saturated rings. The molecule has 0 radical (unpaired) electrons. The van der Waals surface area contributed by atoms with Crippen molar-refractivity contribution < 1.29 is 4.79 Å². The minimum Gasteiger partial charge on any atom is -0.295 e. The molecule has 0 aromatic carbocycles. The summed E-state index contributed by atoms with van der Waals surface area (Å²) in [6, 6.07) is 0. The molecule has 0 aliphatic heterocycles. The van der Waals surface area contributed by atoms with Gasteiger partial charge in [-0.25, -0.2) is 0 Å². The summed E-state index contributed by atoms with van der Waals surface area (Å²) >= 11 is 0. The van der Waals surface area contributed by atoms with E-state index in [1.54, 1.807) is 0 Å². The van der Waals surface area contributed by atoms with Crippen LogP contribution in [-0.4, -0.2) is 5.78 Å². The Balaban J connectivity index is 1.96. The van der Waals surface area contributed by atoms with Crippen molar-refractivity contribution in [2.75, 3.05) is 0 Å². The quantitative estimate of drug-likeness (QED) is 0.566. The summed E-state index contributed by atoms with van der Waals surface area (Å²) in [5, 5.41) is 0. The van der Waals surface area contributed by atoms with E-state index in [1.807, 2.05) is 6.08 Å². The average Bonchev–Trinajstić information content (AvgIpc) is 2.28. The van der Waals surface area contributed by atoms with Crippen LogP contribution in [0.4, 0.5) is 0 Å². The molecule has 0 aromatic heterocycles. The minimum absolute atomic E-state index is 0.369. The van der Waals surface area contributed by atoms with E-state index in [2.05, 4.69) is 19.1 Å². The summed E-state index contributed by atoms with van der Waals surface area (Å²) in [5.74, 6) is 3.22. The summed E-state index contributed by atoms with van der Waals surface area (Å²) in [6.07, 6.45) is 12.5. The molecule has 0 aromatic rings. The number of hydrogen-bond acceptors (Lipinski definition) is 1. The summed E-state index contributed by atoms with van der Waals surface area (Å²) in [7, 11) is 0.